The molecule has 0 bridgehead atoms. The molecule has 3 aromatic rings. The van der Waals surface area contributed by atoms with Gasteiger partial charge in [-0.3, -0.25) is 0 Å². The van der Waals surface area contributed by atoms with Crippen LogP contribution in [0.2, 0.25) is 0 Å². The number of hydrogen-bond acceptors (Lipinski definition) is 4. The summed E-state index contributed by atoms with van der Waals surface area (Å²) in [4.78, 5) is 0. The van der Waals surface area contributed by atoms with E-state index in [0.29, 0.717) is 0 Å². The molecule has 1 N–H and O–H groups in total. The Morgan fingerprint density at radius 2 is 2.11 bits per heavy atom. The van der Waals surface area contributed by atoms with Gasteiger partial charge in [0.25, 0.3) is 0 Å². The summed E-state index contributed by atoms with van der Waals surface area (Å²) in [5, 5.41) is 12.7. The highest BCUT2D eigenvalue weighted by Crippen LogP contribution is 2.21. The summed E-state index contributed by atoms with van der Waals surface area (Å²) in [5.41, 5.74) is 1.90. The molecule has 96 valence electrons. The number of hydrogen-bond donors (Lipinski definition) is 1. The molecule has 4 nitrogen and oxygen atoms in total. The average Bonchev–Trinajstić information content (AvgIpc) is 2.92. The molecule has 0 aliphatic carbocycles. The van der Waals surface area contributed by atoms with Crippen molar-refractivity contribution in [2.24, 2.45) is 0 Å². The predicted octanol–water partition coefficient (Wildman–Crippen LogP) is 3.27. The zero-order chi connectivity index (χ0) is 13.1. The molecule has 19 heavy (non-hydrogen) atoms. The molecule has 4 heteroatoms. The van der Waals surface area contributed by atoms with Crippen molar-refractivity contribution >= 4 is 16.6 Å². The minimum Gasteiger partial charge on any atom is -0.469 e. The van der Waals surface area contributed by atoms with Crippen molar-refractivity contribution in [1.29, 1.82) is 0 Å². The van der Waals surface area contributed by atoms with Crippen molar-refractivity contribution in [3.8, 4) is 0 Å². The average molecular weight is 253 g/mol. The van der Waals surface area contributed by atoms with Gasteiger partial charge in [0.05, 0.1) is 23.7 Å². The van der Waals surface area contributed by atoms with Crippen LogP contribution in [0.1, 0.15) is 12.7 Å². The van der Waals surface area contributed by atoms with Crippen molar-refractivity contribution < 1.29 is 4.42 Å². The monoisotopic (exact) mass is 253 g/mol. The predicted molar refractivity (Wildman–Crippen MR) is 75.0 cm³/mol. The van der Waals surface area contributed by atoms with E-state index in [0.717, 1.165) is 28.8 Å². The Morgan fingerprint density at radius 3 is 2.95 bits per heavy atom. The van der Waals surface area contributed by atoms with Gasteiger partial charge in [-0.15, -0.1) is 0 Å². The van der Waals surface area contributed by atoms with Crippen molar-refractivity contribution in [1.82, 2.24) is 10.2 Å². The minimum absolute atomic E-state index is 0.263. The lowest BCUT2D eigenvalue weighted by atomic mass is 10.1. The number of aromatic nitrogens is 2. The molecular weight excluding hydrogens is 238 g/mol. The van der Waals surface area contributed by atoms with Gasteiger partial charge in [0.1, 0.15) is 5.76 Å². The highest BCUT2D eigenvalue weighted by atomic mass is 16.3. The molecule has 0 saturated carbocycles. The van der Waals surface area contributed by atoms with Crippen LogP contribution in [0.25, 0.3) is 10.9 Å². The number of fused-ring (bicyclic) bond motifs is 1. The second-order valence-corrected chi connectivity index (χ2v) is 4.60. The first kappa shape index (κ1) is 11.7. The lowest BCUT2D eigenvalue weighted by Gasteiger charge is -2.15. The Balaban J connectivity index is 1.81. The van der Waals surface area contributed by atoms with Gasteiger partial charge in [-0.25, -0.2) is 0 Å². The molecule has 1 unspecified atom stereocenters. The molecule has 0 saturated heterocycles. The fraction of sp³-hybridized carbons (Fsp3) is 0.200. The lowest BCUT2D eigenvalue weighted by Crippen LogP contribution is -2.18. The fourth-order valence-electron chi connectivity index (χ4n) is 2.17. The first-order valence-corrected chi connectivity index (χ1v) is 6.32. The first-order valence-electron chi connectivity index (χ1n) is 6.32. The van der Waals surface area contributed by atoms with Crippen LogP contribution in [-0.2, 0) is 6.42 Å². The number of furan rings is 1. The Labute approximate surface area is 111 Å². The Morgan fingerprint density at radius 1 is 1.21 bits per heavy atom. The van der Waals surface area contributed by atoms with Gasteiger partial charge in [-0.05, 0) is 25.1 Å². The van der Waals surface area contributed by atoms with Crippen LogP contribution in [0.15, 0.2) is 53.3 Å². The number of anilines is 1. The maximum absolute atomic E-state index is 5.36. The highest BCUT2D eigenvalue weighted by molar-refractivity contribution is 5.90. The van der Waals surface area contributed by atoms with Gasteiger partial charge in [-0.1, -0.05) is 18.2 Å². The van der Waals surface area contributed by atoms with E-state index in [2.05, 4.69) is 22.4 Å². The Kier molecular flexibility index (Phi) is 3.14. The van der Waals surface area contributed by atoms with E-state index in [-0.39, 0.29) is 6.04 Å². The second kappa shape index (κ2) is 5.10. The van der Waals surface area contributed by atoms with Gasteiger partial charge in [0.15, 0.2) is 0 Å². The van der Waals surface area contributed by atoms with Gasteiger partial charge in [-0.2, -0.15) is 10.2 Å². The van der Waals surface area contributed by atoms with E-state index in [9.17, 15) is 0 Å². The van der Waals surface area contributed by atoms with Crippen LogP contribution >= 0.6 is 0 Å². The van der Waals surface area contributed by atoms with E-state index < -0.39 is 0 Å². The number of rotatable bonds is 4. The zero-order valence-corrected chi connectivity index (χ0v) is 10.7. The number of benzene rings is 1. The van der Waals surface area contributed by atoms with Crippen molar-refractivity contribution in [3.63, 3.8) is 0 Å². The van der Waals surface area contributed by atoms with Gasteiger partial charge in [0.2, 0.25) is 0 Å². The summed E-state index contributed by atoms with van der Waals surface area (Å²) in [6.45, 7) is 2.12. The van der Waals surface area contributed by atoms with Crippen molar-refractivity contribution in [3.05, 3.63) is 54.6 Å². The minimum atomic E-state index is 0.263. The maximum Gasteiger partial charge on any atom is 0.105 e. The van der Waals surface area contributed by atoms with E-state index in [4.69, 9.17) is 4.42 Å². The van der Waals surface area contributed by atoms with Crippen LogP contribution in [0.3, 0.4) is 0 Å². The summed E-state index contributed by atoms with van der Waals surface area (Å²) < 4.78 is 5.36. The largest absolute Gasteiger partial charge is 0.469 e. The Hall–Kier alpha value is -2.36. The van der Waals surface area contributed by atoms with Crippen molar-refractivity contribution in [2.75, 3.05) is 5.32 Å². The summed E-state index contributed by atoms with van der Waals surface area (Å²) in [6.07, 6.45) is 4.30. The third kappa shape index (κ3) is 2.57. The van der Waals surface area contributed by atoms with Crippen LogP contribution < -0.4 is 5.32 Å². The molecular formula is C15H15N3O. The van der Waals surface area contributed by atoms with Crippen LogP contribution in [0.5, 0.6) is 0 Å². The standard InChI is InChI=1S/C15H15N3O/c1-11(9-12-5-4-8-19-12)17-15-10-16-18-14-7-3-2-6-13(14)15/h2-8,10-11H,9H2,1H3,(H,17,18). The molecule has 0 fully saturated rings. The second-order valence-electron chi connectivity index (χ2n) is 4.60. The summed E-state index contributed by atoms with van der Waals surface area (Å²) in [5.74, 6) is 0.978. The molecule has 0 radical (unpaired) electrons. The molecule has 2 heterocycles. The molecule has 2 aromatic heterocycles. The number of nitrogens with one attached hydrogen (secondary N) is 1. The number of nitrogens with zero attached hydrogens (tertiary/aromatic N) is 2. The highest BCUT2D eigenvalue weighted by Gasteiger charge is 2.08. The molecule has 0 aliphatic rings. The maximum atomic E-state index is 5.36. The van der Waals surface area contributed by atoms with Crippen LogP contribution in [0.4, 0.5) is 5.69 Å². The van der Waals surface area contributed by atoms with E-state index in [1.807, 2.05) is 36.4 Å². The molecule has 1 aromatic carbocycles. The molecule has 1 atom stereocenters. The molecule has 0 amide bonds. The summed E-state index contributed by atoms with van der Waals surface area (Å²) >= 11 is 0. The zero-order valence-electron chi connectivity index (χ0n) is 10.7. The normalized spacial score (nSPS) is 12.5. The smallest absolute Gasteiger partial charge is 0.105 e. The lowest BCUT2D eigenvalue weighted by molar-refractivity contribution is 0.498. The van der Waals surface area contributed by atoms with Crippen molar-refractivity contribution in [2.45, 2.75) is 19.4 Å². The first-order chi connectivity index (χ1) is 9.33. The van der Waals surface area contributed by atoms with E-state index in [1.165, 1.54) is 0 Å². The SMILES string of the molecule is CC(Cc1ccco1)Nc1cnnc2ccccc12. The van der Waals surface area contributed by atoms with Crippen LogP contribution in [0, 0.1) is 0 Å². The fourth-order valence-corrected chi connectivity index (χ4v) is 2.17. The molecule has 3 rings (SSSR count). The topological polar surface area (TPSA) is 51.0 Å². The molecule has 0 aliphatic heterocycles. The van der Waals surface area contributed by atoms with E-state index in [1.54, 1.807) is 12.5 Å². The summed E-state index contributed by atoms with van der Waals surface area (Å²) in [6, 6.07) is 12.1. The quantitative estimate of drug-likeness (QED) is 0.775. The Bertz CT molecular complexity index is 659. The van der Waals surface area contributed by atoms with Gasteiger partial charge < -0.3 is 9.73 Å². The summed E-state index contributed by atoms with van der Waals surface area (Å²) in [7, 11) is 0. The third-order valence-corrected chi connectivity index (χ3v) is 3.04. The van der Waals surface area contributed by atoms with E-state index >= 15 is 0 Å². The van der Waals surface area contributed by atoms with Crippen LogP contribution in [-0.4, -0.2) is 16.2 Å². The molecule has 0 spiro atoms. The van der Waals surface area contributed by atoms with Gasteiger partial charge >= 0.3 is 0 Å². The van der Waals surface area contributed by atoms with Gasteiger partial charge in [0, 0.05) is 17.8 Å². The third-order valence-electron chi connectivity index (χ3n) is 3.04.